The summed E-state index contributed by atoms with van der Waals surface area (Å²) in [4.78, 5) is 26.4. The predicted molar refractivity (Wildman–Crippen MR) is 69.7 cm³/mol. The molecule has 4 rings (SSSR count). The summed E-state index contributed by atoms with van der Waals surface area (Å²) in [7, 11) is 0. The lowest BCUT2D eigenvalue weighted by Crippen LogP contribution is -2.32. The summed E-state index contributed by atoms with van der Waals surface area (Å²) in [6.07, 6.45) is 5.25. The van der Waals surface area contributed by atoms with E-state index in [1.165, 1.54) is 4.90 Å². The minimum Gasteiger partial charge on any atom is -0.278 e. The van der Waals surface area contributed by atoms with Crippen LogP contribution in [-0.2, 0) is 16.1 Å². The Labute approximate surface area is 111 Å². The lowest BCUT2D eigenvalue weighted by atomic mass is 9.85. The lowest BCUT2D eigenvalue weighted by Gasteiger charge is -2.17. The summed E-state index contributed by atoms with van der Waals surface area (Å²) in [5, 5.41) is 0. The molecule has 1 aromatic rings. The van der Waals surface area contributed by atoms with E-state index >= 15 is 0 Å². The fourth-order valence-corrected chi connectivity index (χ4v) is 3.89. The monoisotopic (exact) mass is 253 g/mol. The molecule has 1 aliphatic heterocycles. The highest BCUT2D eigenvalue weighted by molar-refractivity contribution is 6.06. The van der Waals surface area contributed by atoms with Gasteiger partial charge in [0.1, 0.15) is 0 Å². The summed E-state index contributed by atoms with van der Waals surface area (Å²) in [5.41, 5.74) is 1.02. The number of likely N-dealkylation sites (tertiary alicyclic amines) is 1. The van der Waals surface area contributed by atoms with Gasteiger partial charge in [-0.15, -0.1) is 0 Å². The van der Waals surface area contributed by atoms with E-state index < -0.39 is 0 Å². The molecular formula is C16H15NO2. The van der Waals surface area contributed by atoms with Gasteiger partial charge in [-0.3, -0.25) is 14.5 Å². The third-order valence-corrected chi connectivity index (χ3v) is 4.75. The average molecular weight is 253 g/mol. The Morgan fingerprint density at radius 1 is 0.947 bits per heavy atom. The number of imide groups is 1. The molecule has 3 heteroatoms. The molecular weight excluding hydrogens is 238 g/mol. The zero-order chi connectivity index (χ0) is 13.0. The fourth-order valence-electron chi connectivity index (χ4n) is 3.89. The highest BCUT2D eigenvalue weighted by Crippen LogP contribution is 2.52. The Morgan fingerprint density at radius 3 is 2.11 bits per heavy atom. The number of nitrogens with zero attached hydrogens (tertiary/aromatic N) is 1. The van der Waals surface area contributed by atoms with E-state index in [1.54, 1.807) is 0 Å². The second kappa shape index (κ2) is 3.80. The van der Waals surface area contributed by atoms with Gasteiger partial charge in [-0.05, 0) is 23.8 Å². The second-order valence-electron chi connectivity index (χ2n) is 5.75. The maximum atomic E-state index is 12.5. The summed E-state index contributed by atoms with van der Waals surface area (Å²) in [5.74, 6) is 0.517. The van der Waals surface area contributed by atoms with Crippen molar-refractivity contribution in [2.24, 2.45) is 23.7 Å². The molecule has 0 aromatic heterocycles. The zero-order valence-corrected chi connectivity index (χ0v) is 10.5. The Hall–Kier alpha value is -1.90. The molecule has 19 heavy (non-hydrogen) atoms. The fraction of sp³-hybridized carbons (Fsp3) is 0.375. The summed E-state index contributed by atoms with van der Waals surface area (Å²) < 4.78 is 0. The van der Waals surface area contributed by atoms with E-state index in [0.717, 1.165) is 12.0 Å². The largest absolute Gasteiger partial charge is 0.278 e. The number of carbonyl (C=O) groups is 2. The molecule has 1 saturated carbocycles. The van der Waals surface area contributed by atoms with Crippen molar-refractivity contribution in [1.29, 1.82) is 0 Å². The van der Waals surface area contributed by atoms with E-state index in [4.69, 9.17) is 0 Å². The van der Waals surface area contributed by atoms with Gasteiger partial charge < -0.3 is 0 Å². The maximum absolute atomic E-state index is 12.5. The normalized spacial score (nSPS) is 35.3. The first-order valence-electron chi connectivity index (χ1n) is 6.83. The van der Waals surface area contributed by atoms with E-state index in [-0.39, 0.29) is 23.7 Å². The van der Waals surface area contributed by atoms with Crippen LogP contribution in [0.1, 0.15) is 12.0 Å². The molecule has 0 unspecified atom stereocenters. The number of hydrogen-bond donors (Lipinski definition) is 0. The van der Waals surface area contributed by atoms with Gasteiger partial charge in [0.25, 0.3) is 0 Å². The van der Waals surface area contributed by atoms with Crippen LogP contribution < -0.4 is 0 Å². The van der Waals surface area contributed by atoms with Crippen molar-refractivity contribution in [2.45, 2.75) is 13.0 Å². The highest BCUT2D eigenvalue weighted by Gasteiger charge is 2.58. The van der Waals surface area contributed by atoms with Gasteiger partial charge in [-0.1, -0.05) is 42.5 Å². The first-order valence-corrected chi connectivity index (χ1v) is 6.83. The predicted octanol–water partition coefficient (Wildman–Crippen LogP) is 1.99. The molecule has 4 atom stereocenters. The molecule has 2 bridgehead atoms. The number of carbonyl (C=O) groups excluding carboxylic acids is 2. The molecule has 2 aliphatic carbocycles. The Bertz CT molecular complexity index is 548. The van der Waals surface area contributed by atoms with Crippen LogP contribution >= 0.6 is 0 Å². The van der Waals surface area contributed by atoms with Crippen LogP contribution in [0.2, 0.25) is 0 Å². The molecule has 2 amide bonds. The standard InChI is InChI=1S/C16H15NO2/c18-15-13-11-6-7-12(8-11)14(13)16(19)17(15)9-10-4-2-1-3-5-10/h1-7,11-14H,8-9H2/t11-,12+,13+,14-. The first kappa shape index (κ1) is 11.0. The number of benzene rings is 1. The van der Waals surface area contributed by atoms with Gasteiger partial charge >= 0.3 is 0 Å². The Morgan fingerprint density at radius 2 is 1.53 bits per heavy atom. The topological polar surface area (TPSA) is 37.4 Å². The van der Waals surface area contributed by atoms with Gasteiger partial charge in [0.15, 0.2) is 0 Å². The molecule has 0 N–H and O–H groups in total. The molecule has 1 aromatic carbocycles. The molecule has 96 valence electrons. The number of fused-ring (bicyclic) bond motifs is 5. The van der Waals surface area contributed by atoms with Crippen LogP contribution in [0.3, 0.4) is 0 Å². The number of amides is 2. The summed E-state index contributed by atoms with van der Waals surface area (Å²) in [6, 6.07) is 9.73. The van der Waals surface area contributed by atoms with Gasteiger partial charge in [0.05, 0.1) is 18.4 Å². The van der Waals surface area contributed by atoms with Crippen molar-refractivity contribution >= 4 is 11.8 Å². The SMILES string of the molecule is O=C1[C@@H]2[C@H](C(=O)N1Cc1ccccc1)[C@H]1C=C[C@@H]2C1. The molecule has 1 heterocycles. The molecule has 0 spiro atoms. The number of rotatable bonds is 2. The van der Waals surface area contributed by atoms with Gasteiger partial charge in [-0.2, -0.15) is 0 Å². The van der Waals surface area contributed by atoms with Crippen LogP contribution in [0.15, 0.2) is 42.5 Å². The third-order valence-electron chi connectivity index (χ3n) is 4.75. The number of allylic oxidation sites excluding steroid dienone is 2. The second-order valence-corrected chi connectivity index (χ2v) is 5.75. The van der Waals surface area contributed by atoms with Crippen LogP contribution in [0.5, 0.6) is 0 Å². The van der Waals surface area contributed by atoms with E-state index in [1.807, 2.05) is 30.3 Å². The van der Waals surface area contributed by atoms with Gasteiger partial charge in [-0.25, -0.2) is 0 Å². The van der Waals surface area contributed by atoms with Crippen molar-refractivity contribution in [3.05, 3.63) is 48.0 Å². The summed E-state index contributed by atoms with van der Waals surface area (Å²) >= 11 is 0. The third kappa shape index (κ3) is 1.44. The van der Waals surface area contributed by atoms with Crippen molar-refractivity contribution in [3.8, 4) is 0 Å². The average Bonchev–Trinajstić information content (AvgIpc) is 3.10. The molecule has 0 radical (unpaired) electrons. The summed E-state index contributed by atoms with van der Waals surface area (Å²) in [6.45, 7) is 0.422. The van der Waals surface area contributed by atoms with E-state index in [2.05, 4.69) is 12.2 Å². The molecule has 2 fully saturated rings. The van der Waals surface area contributed by atoms with Gasteiger partial charge in [0.2, 0.25) is 11.8 Å². The maximum Gasteiger partial charge on any atom is 0.234 e. The highest BCUT2D eigenvalue weighted by atomic mass is 16.2. The van der Waals surface area contributed by atoms with Crippen molar-refractivity contribution in [3.63, 3.8) is 0 Å². The quantitative estimate of drug-likeness (QED) is 0.597. The number of hydrogen-bond acceptors (Lipinski definition) is 2. The van der Waals surface area contributed by atoms with E-state index in [0.29, 0.717) is 18.4 Å². The molecule has 3 nitrogen and oxygen atoms in total. The first-order chi connectivity index (χ1) is 9.25. The zero-order valence-electron chi connectivity index (χ0n) is 10.5. The minimum atomic E-state index is -0.0776. The Kier molecular flexibility index (Phi) is 2.19. The smallest absolute Gasteiger partial charge is 0.234 e. The van der Waals surface area contributed by atoms with E-state index in [9.17, 15) is 9.59 Å². The van der Waals surface area contributed by atoms with Gasteiger partial charge in [0, 0.05) is 0 Å². The van der Waals surface area contributed by atoms with Crippen LogP contribution in [0, 0.1) is 23.7 Å². The van der Waals surface area contributed by atoms with Crippen molar-refractivity contribution < 1.29 is 9.59 Å². The minimum absolute atomic E-state index is 0.0377. The molecule has 1 saturated heterocycles. The van der Waals surface area contributed by atoms with Crippen LogP contribution in [-0.4, -0.2) is 16.7 Å². The van der Waals surface area contributed by atoms with Crippen molar-refractivity contribution in [1.82, 2.24) is 4.90 Å². The van der Waals surface area contributed by atoms with Crippen LogP contribution in [0.4, 0.5) is 0 Å². The Balaban J connectivity index is 1.62. The van der Waals surface area contributed by atoms with Crippen molar-refractivity contribution in [2.75, 3.05) is 0 Å². The molecule has 3 aliphatic rings. The lowest BCUT2D eigenvalue weighted by molar-refractivity contribution is -0.141. The van der Waals surface area contributed by atoms with Crippen LogP contribution in [0.25, 0.3) is 0 Å².